The molecule has 0 aromatic heterocycles. The number of carbonyl (C=O) groups excluding carboxylic acids is 1. The van der Waals surface area contributed by atoms with E-state index in [9.17, 15) is 4.79 Å². The van der Waals surface area contributed by atoms with Crippen molar-refractivity contribution in [1.82, 2.24) is 0 Å². The van der Waals surface area contributed by atoms with E-state index in [1.807, 2.05) is 0 Å². The Labute approximate surface area is 106 Å². The molecule has 0 N–H and O–H groups in total. The standard InChI is InChI=1S/C16H28O/c1-10-7-13-14(8-12(10)9-17)16(5,6)11(2)15(13,3)4/h9-14H,7-8H2,1-6H3. The van der Waals surface area contributed by atoms with E-state index < -0.39 is 0 Å². The summed E-state index contributed by atoms with van der Waals surface area (Å²) >= 11 is 0. The zero-order chi connectivity index (χ0) is 13.0. The molecule has 0 radical (unpaired) electrons. The minimum atomic E-state index is 0.302. The van der Waals surface area contributed by atoms with Crippen LogP contribution in [0.15, 0.2) is 0 Å². The molecule has 5 atom stereocenters. The molecular weight excluding hydrogens is 208 g/mol. The number of rotatable bonds is 1. The Bertz CT molecular complexity index is 315. The van der Waals surface area contributed by atoms with Gasteiger partial charge in [0, 0.05) is 5.92 Å². The first-order valence-corrected chi connectivity index (χ1v) is 7.18. The highest BCUT2D eigenvalue weighted by molar-refractivity contribution is 5.54. The molecule has 0 aromatic rings. The van der Waals surface area contributed by atoms with Crippen LogP contribution in [-0.2, 0) is 4.79 Å². The molecule has 0 aromatic carbocycles. The maximum atomic E-state index is 11.2. The van der Waals surface area contributed by atoms with Gasteiger partial charge in [0.05, 0.1) is 0 Å². The van der Waals surface area contributed by atoms with Crippen LogP contribution in [0.5, 0.6) is 0 Å². The fourth-order valence-corrected chi connectivity index (χ4v) is 4.86. The predicted molar refractivity (Wildman–Crippen MR) is 71.7 cm³/mol. The van der Waals surface area contributed by atoms with Gasteiger partial charge in [0.15, 0.2) is 0 Å². The van der Waals surface area contributed by atoms with Crippen LogP contribution in [0.1, 0.15) is 54.4 Å². The summed E-state index contributed by atoms with van der Waals surface area (Å²) in [7, 11) is 0. The highest BCUT2D eigenvalue weighted by atomic mass is 16.1. The number of hydrogen-bond donors (Lipinski definition) is 0. The largest absolute Gasteiger partial charge is 0.303 e. The molecule has 17 heavy (non-hydrogen) atoms. The summed E-state index contributed by atoms with van der Waals surface area (Å²) in [4.78, 5) is 11.2. The molecular formula is C16H28O. The van der Waals surface area contributed by atoms with E-state index in [0.29, 0.717) is 22.7 Å². The molecule has 0 heterocycles. The highest BCUT2D eigenvalue weighted by Gasteiger charge is 2.59. The third-order valence-electron chi connectivity index (χ3n) is 6.69. The summed E-state index contributed by atoms with van der Waals surface area (Å²) in [6, 6.07) is 0. The Balaban J connectivity index is 2.34. The molecule has 2 aliphatic carbocycles. The van der Waals surface area contributed by atoms with Crippen molar-refractivity contribution < 1.29 is 4.79 Å². The van der Waals surface area contributed by atoms with Crippen LogP contribution in [-0.4, -0.2) is 6.29 Å². The number of fused-ring (bicyclic) bond motifs is 1. The topological polar surface area (TPSA) is 17.1 Å². The van der Waals surface area contributed by atoms with Crippen molar-refractivity contribution in [3.8, 4) is 0 Å². The van der Waals surface area contributed by atoms with E-state index >= 15 is 0 Å². The molecule has 98 valence electrons. The highest BCUT2D eigenvalue weighted by Crippen LogP contribution is 2.65. The van der Waals surface area contributed by atoms with Gasteiger partial charge >= 0.3 is 0 Å². The Morgan fingerprint density at radius 3 is 1.88 bits per heavy atom. The van der Waals surface area contributed by atoms with Gasteiger partial charge < -0.3 is 4.79 Å². The summed E-state index contributed by atoms with van der Waals surface area (Å²) in [5, 5.41) is 0. The summed E-state index contributed by atoms with van der Waals surface area (Å²) in [5.74, 6) is 3.16. The van der Waals surface area contributed by atoms with Gasteiger partial charge in [-0.05, 0) is 47.3 Å². The molecule has 5 unspecified atom stereocenters. The van der Waals surface area contributed by atoms with Crippen molar-refractivity contribution in [3.05, 3.63) is 0 Å². The Morgan fingerprint density at radius 2 is 1.41 bits per heavy atom. The maximum absolute atomic E-state index is 11.2. The second-order valence-corrected chi connectivity index (χ2v) is 7.83. The predicted octanol–water partition coefficient (Wildman–Crippen LogP) is 4.17. The molecule has 0 aliphatic heterocycles. The van der Waals surface area contributed by atoms with Crippen molar-refractivity contribution in [2.75, 3.05) is 0 Å². The Kier molecular flexibility index (Phi) is 2.95. The summed E-state index contributed by atoms with van der Waals surface area (Å²) in [6.07, 6.45) is 3.58. The minimum Gasteiger partial charge on any atom is -0.303 e. The summed E-state index contributed by atoms with van der Waals surface area (Å²) in [6.45, 7) is 14.4. The molecule has 1 nitrogen and oxygen atoms in total. The number of carbonyl (C=O) groups is 1. The van der Waals surface area contributed by atoms with Crippen LogP contribution < -0.4 is 0 Å². The van der Waals surface area contributed by atoms with Gasteiger partial charge in [-0.3, -0.25) is 0 Å². The van der Waals surface area contributed by atoms with Gasteiger partial charge in [0.2, 0.25) is 0 Å². The van der Waals surface area contributed by atoms with Gasteiger partial charge in [-0.1, -0.05) is 41.5 Å². The lowest BCUT2D eigenvalue weighted by atomic mass is 9.62. The smallest absolute Gasteiger partial charge is 0.123 e. The van der Waals surface area contributed by atoms with Gasteiger partial charge in [-0.15, -0.1) is 0 Å². The van der Waals surface area contributed by atoms with E-state index in [1.54, 1.807) is 0 Å². The normalized spacial score (nSPS) is 47.5. The molecule has 0 saturated heterocycles. The summed E-state index contributed by atoms with van der Waals surface area (Å²) in [5.41, 5.74) is 0.811. The lowest BCUT2D eigenvalue weighted by Gasteiger charge is -2.42. The van der Waals surface area contributed by atoms with E-state index in [0.717, 1.165) is 24.2 Å². The lowest BCUT2D eigenvalue weighted by molar-refractivity contribution is -0.115. The second-order valence-electron chi connectivity index (χ2n) is 7.83. The molecule has 2 fully saturated rings. The minimum absolute atomic E-state index is 0.302. The van der Waals surface area contributed by atoms with E-state index in [-0.39, 0.29) is 0 Å². The first-order chi connectivity index (χ1) is 7.72. The quantitative estimate of drug-likeness (QED) is 0.625. The zero-order valence-corrected chi connectivity index (χ0v) is 12.3. The third-order valence-corrected chi connectivity index (χ3v) is 6.69. The molecule has 0 bridgehead atoms. The first kappa shape index (κ1) is 13.1. The maximum Gasteiger partial charge on any atom is 0.123 e. The van der Waals surface area contributed by atoms with Gasteiger partial charge in [0.25, 0.3) is 0 Å². The SMILES string of the molecule is CC1CC2C(CC1C=O)C(C)(C)C(C)C2(C)C. The Hall–Kier alpha value is -0.330. The van der Waals surface area contributed by atoms with Crippen molar-refractivity contribution in [3.63, 3.8) is 0 Å². The van der Waals surface area contributed by atoms with Crippen molar-refractivity contribution >= 4 is 6.29 Å². The average Bonchev–Trinajstić information content (AvgIpc) is 2.38. The molecule has 0 amide bonds. The first-order valence-electron chi connectivity index (χ1n) is 7.18. The van der Waals surface area contributed by atoms with E-state index in [1.165, 1.54) is 12.7 Å². The van der Waals surface area contributed by atoms with Crippen LogP contribution in [0.4, 0.5) is 0 Å². The second kappa shape index (κ2) is 3.83. The number of aldehydes is 1. The van der Waals surface area contributed by atoms with Crippen LogP contribution in [0.25, 0.3) is 0 Å². The van der Waals surface area contributed by atoms with Crippen LogP contribution in [0.2, 0.25) is 0 Å². The van der Waals surface area contributed by atoms with Gasteiger partial charge in [-0.2, -0.15) is 0 Å². The van der Waals surface area contributed by atoms with E-state index in [2.05, 4.69) is 41.5 Å². The molecule has 0 spiro atoms. The molecule has 2 rings (SSSR count). The average molecular weight is 236 g/mol. The third kappa shape index (κ3) is 1.69. The van der Waals surface area contributed by atoms with Crippen LogP contribution >= 0.6 is 0 Å². The Morgan fingerprint density at radius 1 is 0.941 bits per heavy atom. The monoisotopic (exact) mass is 236 g/mol. The van der Waals surface area contributed by atoms with Gasteiger partial charge in [0.1, 0.15) is 6.29 Å². The lowest BCUT2D eigenvalue weighted by Crippen LogP contribution is -2.36. The van der Waals surface area contributed by atoms with Crippen molar-refractivity contribution in [2.45, 2.75) is 54.4 Å². The van der Waals surface area contributed by atoms with Crippen LogP contribution in [0.3, 0.4) is 0 Å². The fraction of sp³-hybridized carbons (Fsp3) is 0.938. The molecule has 2 saturated carbocycles. The number of hydrogen-bond acceptors (Lipinski definition) is 1. The fourth-order valence-electron chi connectivity index (χ4n) is 4.86. The zero-order valence-electron chi connectivity index (χ0n) is 12.3. The van der Waals surface area contributed by atoms with Gasteiger partial charge in [-0.25, -0.2) is 0 Å². The summed E-state index contributed by atoms with van der Waals surface area (Å²) < 4.78 is 0. The van der Waals surface area contributed by atoms with Crippen molar-refractivity contribution in [1.29, 1.82) is 0 Å². The molecule has 1 heteroatoms. The van der Waals surface area contributed by atoms with Crippen molar-refractivity contribution in [2.24, 2.45) is 40.4 Å². The van der Waals surface area contributed by atoms with E-state index in [4.69, 9.17) is 0 Å². The van der Waals surface area contributed by atoms with Crippen LogP contribution in [0, 0.1) is 40.4 Å². The molecule has 2 aliphatic rings.